The van der Waals surface area contributed by atoms with Crippen molar-refractivity contribution in [3.05, 3.63) is 52.8 Å². The van der Waals surface area contributed by atoms with Crippen LogP contribution in [0.3, 0.4) is 0 Å². The van der Waals surface area contributed by atoms with Crippen LogP contribution in [-0.4, -0.2) is 15.2 Å². The lowest BCUT2D eigenvalue weighted by atomic mass is 10.2. The van der Waals surface area contributed by atoms with Crippen molar-refractivity contribution in [2.45, 2.75) is 0 Å². The average molecular weight is 255 g/mol. The van der Waals surface area contributed by atoms with Gasteiger partial charge in [0.05, 0.1) is 5.56 Å². The molecule has 19 heavy (non-hydrogen) atoms. The number of fused-ring (bicyclic) bond motifs is 1. The van der Waals surface area contributed by atoms with E-state index in [0.29, 0.717) is 5.56 Å². The summed E-state index contributed by atoms with van der Waals surface area (Å²) < 4.78 is 5.46. The van der Waals surface area contributed by atoms with Gasteiger partial charge in [-0.25, -0.2) is 0 Å². The van der Waals surface area contributed by atoms with Crippen LogP contribution in [0.2, 0.25) is 0 Å². The number of hydrogen-bond acceptors (Lipinski definition) is 5. The summed E-state index contributed by atoms with van der Waals surface area (Å²) >= 11 is 0. The van der Waals surface area contributed by atoms with Gasteiger partial charge in [0.1, 0.15) is 22.5 Å². The normalized spacial score (nSPS) is 10.7. The molecule has 0 aliphatic carbocycles. The number of phenols is 2. The third kappa shape index (κ3) is 1.81. The molecule has 0 saturated heterocycles. The Hall–Kier alpha value is -2.82. The Morgan fingerprint density at radius 1 is 0.947 bits per heavy atom. The van der Waals surface area contributed by atoms with Crippen molar-refractivity contribution >= 4 is 11.0 Å². The van der Waals surface area contributed by atoms with E-state index in [9.17, 15) is 15.0 Å². The molecule has 0 spiro atoms. The summed E-state index contributed by atoms with van der Waals surface area (Å²) in [5.41, 5.74) is -0.0549. The molecule has 0 atom stereocenters. The summed E-state index contributed by atoms with van der Waals surface area (Å²) in [6, 6.07) is 10.9. The first-order chi connectivity index (χ1) is 9.16. The van der Waals surface area contributed by atoms with E-state index in [1.807, 2.05) is 0 Å². The van der Waals surface area contributed by atoms with Gasteiger partial charge in [0, 0.05) is 0 Å². The second kappa shape index (κ2) is 4.13. The highest BCUT2D eigenvalue weighted by Crippen LogP contribution is 2.29. The fourth-order valence-corrected chi connectivity index (χ4v) is 1.86. The molecular weight excluding hydrogens is 246 g/mol. The number of benzene rings is 2. The van der Waals surface area contributed by atoms with Crippen LogP contribution >= 0.6 is 0 Å². The SMILES string of the molecule is O=c1nc(-c2ccccc2O)oc2cccc(O)c12. The lowest BCUT2D eigenvalue weighted by Gasteiger charge is -2.04. The van der Waals surface area contributed by atoms with E-state index >= 15 is 0 Å². The van der Waals surface area contributed by atoms with Gasteiger partial charge in [-0.1, -0.05) is 18.2 Å². The van der Waals surface area contributed by atoms with Crippen molar-refractivity contribution in [2.75, 3.05) is 0 Å². The van der Waals surface area contributed by atoms with Gasteiger partial charge in [-0.3, -0.25) is 4.79 Å². The first-order valence-corrected chi connectivity index (χ1v) is 5.58. The Kier molecular flexibility index (Phi) is 2.45. The minimum atomic E-state index is -0.599. The fraction of sp³-hybridized carbons (Fsp3) is 0. The van der Waals surface area contributed by atoms with Crippen LogP contribution in [0.1, 0.15) is 0 Å². The summed E-state index contributed by atoms with van der Waals surface area (Å²) in [5, 5.41) is 19.4. The summed E-state index contributed by atoms with van der Waals surface area (Å²) in [6.07, 6.45) is 0. The molecule has 3 rings (SSSR count). The highest BCUT2D eigenvalue weighted by molar-refractivity contribution is 5.83. The maximum Gasteiger partial charge on any atom is 0.287 e. The van der Waals surface area contributed by atoms with Crippen molar-refractivity contribution in [1.29, 1.82) is 0 Å². The second-order valence-corrected chi connectivity index (χ2v) is 3.99. The van der Waals surface area contributed by atoms with Gasteiger partial charge in [0.2, 0.25) is 5.89 Å². The van der Waals surface area contributed by atoms with Crippen LogP contribution in [0.25, 0.3) is 22.4 Å². The predicted octanol–water partition coefficient (Wildman–Crippen LogP) is 2.27. The van der Waals surface area contributed by atoms with Crippen molar-refractivity contribution in [1.82, 2.24) is 4.98 Å². The molecule has 3 aromatic rings. The van der Waals surface area contributed by atoms with Crippen LogP contribution in [0, 0.1) is 0 Å². The van der Waals surface area contributed by atoms with Gasteiger partial charge in [-0.15, -0.1) is 0 Å². The van der Waals surface area contributed by atoms with Crippen molar-refractivity contribution in [2.24, 2.45) is 0 Å². The van der Waals surface area contributed by atoms with Crippen LogP contribution in [-0.2, 0) is 0 Å². The van der Waals surface area contributed by atoms with Crippen LogP contribution in [0.15, 0.2) is 51.7 Å². The Morgan fingerprint density at radius 2 is 1.68 bits per heavy atom. The molecule has 94 valence electrons. The van der Waals surface area contributed by atoms with Gasteiger partial charge in [-0.2, -0.15) is 4.98 Å². The van der Waals surface area contributed by atoms with E-state index in [1.165, 1.54) is 12.1 Å². The molecule has 5 heteroatoms. The molecule has 0 amide bonds. The number of para-hydroxylation sites is 1. The number of aromatic nitrogens is 1. The molecule has 5 nitrogen and oxygen atoms in total. The maximum atomic E-state index is 11.9. The monoisotopic (exact) mass is 255 g/mol. The molecule has 0 radical (unpaired) electrons. The highest BCUT2D eigenvalue weighted by atomic mass is 16.3. The zero-order chi connectivity index (χ0) is 13.4. The van der Waals surface area contributed by atoms with Crippen LogP contribution in [0.5, 0.6) is 11.5 Å². The van der Waals surface area contributed by atoms with Gasteiger partial charge in [-0.05, 0) is 24.3 Å². The van der Waals surface area contributed by atoms with Gasteiger partial charge >= 0.3 is 0 Å². The number of phenolic OH excluding ortho intramolecular Hbond substituents is 2. The summed E-state index contributed by atoms with van der Waals surface area (Å²) in [4.78, 5) is 15.6. The van der Waals surface area contributed by atoms with Crippen LogP contribution in [0.4, 0.5) is 0 Å². The minimum Gasteiger partial charge on any atom is -0.507 e. The highest BCUT2D eigenvalue weighted by Gasteiger charge is 2.13. The van der Waals surface area contributed by atoms with E-state index < -0.39 is 5.56 Å². The number of nitrogens with zero attached hydrogens (tertiary/aromatic N) is 1. The van der Waals surface area contributed by atoms with E-state index in [-0.39, 0.29) is 28.4 Å². The van der Waals surface area contributed by atoms with E-state index in [0.717, 1.165) is 0 Å². The molecular formula is C14H9NO4. The lowest BCUT2D eigenvalue weighted by molar-refractivity contribution is 0.472. The molecule has 0 aliphatic rings. The van der Waals surface area contributed by atoms with E-state index in [1.54, 1.807) is 30.3 Å². The first kappa shape index (κ1) is 11.3. The Morgan fingerprint density at radius 3 is 2.47 bits per heavy atom. The topological polar surface area (TPSA) is 83.6 Å². The molecule has 0 saturated carbocycles. The second-order valence-electron chi connectivity index (χ2n) is 3.99. The average Bonchev–Trinajstić information content (AvgIpc) is 2.39. The number of aromatic hydroxyl groups is 2. The van der Waals surface area contributed by atoms with Gasteiger partial charge < -0.3 is 14.6 Å². The molecule has 0 fully saturated rings. The van der Waals surface area contributed by atoms with E-state index in [4.69, 9.17) is 4.42 Å². The van der Waals surface area contributed by atoms with E-state index in [2.05, 4.69) is 4.98 Å². The summed E-state index contributed by atoms with van der Waals surface area (Å²) in [7, 11) is 0. The molecule has 0 aliphatic heterocycles. The maximum absolute atomic E-state index is 11.9. The van der Waals surface area contributed by atoms with Gasteiger partial charge in [0.25, 0.3) is 5.56 Å². The quantitative estimate of drug-likeness (QED) is 0.696. The predicted molar refractivity (Wildman–Crippen MR) is 69.0 cm³/mol. The van der Waals surface area contributed by atoms with Crippen molar-refractivity contribution in [3.63, 3.8) is 0 Å². The number of hydrogen-bond donors (Lipinski definition) is 2. The molecule has 0 bridgehead atoms. The van der Waals surface area contributed by atoms with Gasteiger partial charge in [0.15, 0.2) is 0 Å². The zero-order valence-electron chi connectivity index (χ0n) is 9.70. The Bertz CT molecular complexity index is 823. The first-order valence-electron chi connectivity index (χ1n) is 5.58. The molecule has 2 aromatic carbocycles. The third-order valence-corrected chi connectivity index (χ3v) is 2.76. The standard InChI is InChI=1S/C14H9NO4/c16-9-5-2-1-4-8(9)14-15-13(18)12-10(17)6-3-7-11(12)19-14/h1-7,16-17H. The Balaban J connectivity index is 2.34. The lowest BCUT2D eigenvalue weighted by Crippen LogP contribution is -2.07. The third-order valence-electron chi connectivity index (χ3n) is 2.76. The largest absolute Gasteiger partial charge is 0.507 e. The molecule has 2 N–H and O–H groups in total. The molecule has 0 unspecified atom stereocenters. The minimum absolute atomic E-state index is 0.0150. The van der Waals surface area contributed by atoms with Crippen molar-refractivity contribution < 1.29 is 14.6 Å². The fourth-order valence-electron chi connectivity index (χ4n) is 1.86. The van der Waals surface area contributed by atoms with Crippen LogP contribution < -0.4 is 5.56 Å². The summed E-state index contributed by atoms with van der Waals surface area (Å²) in [6.45, 7) is 0. The molecule has 1 heterocycles. The smallest absolute Gasteiger partial charge is 0.287 e. The zero-order valence-corrected chi connectivity index (χ0v) is 9.70. The Labute approximate surface area is 107 Å². The number of rotatable bonds is 1. The molecule has 1 aromatic heterocycles. The summed E-state index contributed by atoms with van der Waals surface area (Å²) in [5.74, 6) is -0.193. The van der Waals surface area contributed by atoms with Crippen molar-refractivity contribution in [3.8, 4) is 23.0 Å².